The molecule has 0 bridgehead atoms. The van der Waals surface area contributed by atoms with E-state index in [9.17, 15) is 4.79 Å². The van der Waals surface area contributed by atoms with Crippen LogP contribution in [0.15, 0.2) is 65.5 Å². The van der Waals surface area contributed by atoms with E-state index < -0.39 is 0 Å². The molecule has 0 saturated heterocycles. The van der Waals surface area contributed by atoms with Crippen molar-refractivity contribution >= 4 is 32.6 Å². The van der Waals surface area contributed by atoms with Crippen molar-refractivity contribution in [1.82, 2.24) is 9.47 Å². The normalized spacial score (nSPS) is 11.8. The van der Waals surface area contributed by atoms with E-state index in [2.05, 4.69) is 47.8 Å². The number of benzene rings is 2. The van der Waals surface area contributed by atoms with Crippen molar-refractivity contribution in [2.75, 3.05) is 20.6 Å². The lowest BCUT2D eigenvalue weighted by Crippen LogP contribution is -2.16. The summed E-state index contributed by atoms with van der Waals surface area (Å²) < 4.78 is 2.21. The van der Waals surface area contributed by atoms with Crippen LogP contribution < -0.4 is 5.43 Å². The van der Waals surface area contributed by atoms with Gasteiger partial charge >= 0.3 is 0 Å². The summed E-state index contributed by atoms with van der Waals surface area (Å²) in [4.78, 5) is 15.5. The largest absolute Gasteiger partial charge is 0.337 e. The van der Waals surface area contributed by atoms with Gasteiger partial charge in [0.25, 0.3) is 0 Å². The number of rotatable bonds is 4. The molecular weight excluding hydrogens is 308 g/mol. The predicted octanol–water partition coefficient (Wildman–Crippen LogP) is 4.26. The first-order chi connectivity index (χ1) is 12.2. The maximum Gasteiger partial charge on any atom is 0.210 e. The minimum absolute atomic E-state index is 0.122. The Hall–Kier alpha value is -2.65. The Morgan fingerprint density at radius 1 is 0.840 bits per heavy atom. The second kappa shape index (κ2) is 6.34. The minimum Gasteiger partial charge on any atom is -0.337 e. The minimum atomic E-state index is 0.122. The van der Waals surface area contributed by atoms with Crippen molar-refractivity contribution in [1.29, 1.82) is 0 Å². The molecule has 0 N–H and O–H groups in total. The highest BCUT2D eigenvalue weighted by molar-refractivity contribution is 6.09. The van der Waals surface area contributed by atoms with E-state index in [1.807, 2.05) is 36.4 Å². The average molecular weight is 330 g/mol. The predicted molar refractivity (Wildman–Crippen MR) is 106 cm³/mol. The summed E-state index contributed by atoms with van der Waals surface area (Å²) in [5.74, 6) is 0. The molecule has 0 atom stereocenters. The Bertz CT molecular complexity index is 1130. The summed E-state index contributed by atoms with van der Waals surface area (Å²) in [7, 11) is 4.16. The Morgan fingerprint density at radius 2 is 1.56 bits per heavy atom. The van der Waals surface area contributed by atoms with Crippen LogP contribution in [0.5, 0.6) is 0 Å². The molecule has 4 rings (SSSR count). The lowest BCUT2D eigenvalue weighted by Gasteiger charge is -2.11. The molecule has 1 heterocycles. The van der Waals surface area contributed by atoms with Crippen LogP contribution in [-0.4, -0.2) is 30.1 Å². The summed E-state index contributed by atoms with van der Waals surface area (Å²) in [5.41, 5.74) is 2.08. The molecule has 1 aromatic heterocycles. The number of fused-ring (bicyclic) bond motifs is 4. The van der Waals surface area contributed by atoms with Crippen LogP contribution in [0.3, 0.4) is 0 Å². The number of para-hydroxylation sites is 1. The maximum absolute atomic E-state index is 13.3. The van der Waals surface area contributed by atoms with E-state index in [0.29, 0.717) is 0 Å². The molecule has 0 saturated carbocycles. The van der Waals surface area contributed by atoms with Crippen molar-refractivity contribution in [2.45, 2.75) is 13.0 Å². The monoisotopic (exact) mass is 330 g/mol. The van der Waals surface area contributed by atoms with E-state index in [-0.39, 0.29) is 5.43 Å². The molecule has 4 aromatic rings. The zero-order chi connectivity index (χ0) is 17.4. The molecular formula is C22H22N2O. The van der Waals surface area contributed by atoms with Crippen molar-refractivity contribution < 1.29 is 0 Å². The summed E-state index contributed by atoms with van der Waals surface area (Å²) in [6, 6.07) is 20.4. The van der Waals surface area contributed by atoms with Crippen LogP contribution in [0.1, 0.15) is 6.42 Å². The van der Waals surface area contributed by atoms with Crippen molar-refractivity contribution in [3.8, 4) is 0 Å². The number of hydrogen-bond acceptors (Lipinski definition) is 2. The molecule has 0 radical (unpaired) electrons. The second-order valence-corrected chi connectivity index (χ2v) is 6.84. The van der Waals surface area contributed by atoms with Gasteiger partial charge in [-0.1, -0.05) is 54.6 Å². The maximum atomic E-state index is 13.3. The van der Waals surface area contributed by atoms with Gasteiger partial charge in [-0.3, -0.25) is 4.79 Å². The standard InChI is InChI=1S/C22H22N2O/c1-23(2)14-7-15-24-20-11-6-5-10-18(20)19-13-12-16-8-3-4-9-17(16)22(25)21(19)24/h3-6,8-13H,7,14-15H2,1-2H3. The average Bonchev–Trinajstić information content (AvgIpc) is 2.85. The Balaban J connectivity index is 2.07. The first kappa shape index (κ1) is 15.9. The fourth-order valence-electron chi connectivity index (χ4n) is 3.67. The van der Waals surface area contributed by atoms with Gasteiger partial charge in [0, 0.05) is 28.2 Å². The quantitative estimate of drug-likeness (QED) is 0.559. The molecule has 0 spiro atoms. The van der Waals surface area contributed by atoms with E-state index >= 15 is 0 Å². The molecule has 0 unspecified atom stereocenters. The fourth-order valence-corrected chi connectivity index (χ4v) is 3.67. The fraction of sp³-hybridized carbons (Fsp3) is 0.227. The van der Waals surface area contributed by atoms with Crippen molar-refractivity contribution in [2.24, 2.45) is 0 Å². The molecule has 0 aliphatic heterocycles. The van der Waals surface area contributed by atoms with E-state index in [4.69, 9.17) is 0 Å². The van der Waals surface area contributed by atoms with Crippen LogP contribution in [0.4, 0.5) is 0 Å². The van der Waals surface area contributed by atoms with Gasteiger partial charge in [-0.2, -0.15) is 0 Å². The Kier molecular flexibility index (Phi) is 4.02. The lowest BCUT2D eigenvalue weighted by molar-refractivity contribution is 0.389. The van der Waals surface area contributed by atoms with Gasteiger partial charge in [0.15, 0.2) is 0 Å². The zero-order valence-electron chi connectivity index (χ0n) is 14.7. The second-order valence-electron chi connectivity index (χ2n) is 6.84. The first-order valence-electron chi connectivity index (χ1n) is 8.74. The third kappa shape index (κ3) is 2.71. The van der Waals surface area contributed by atoms with E-state index in [1.54, 1.807) is 0 Å². The molecule has 0 aliphatic carbocycles. The number of hydrogen-bond donors (Lipinski definition) is 0. The van der Waals surface area contributed by atoms with Gasteiger partial charge in [0.2, 0.25) is 5.43 Å². The van der Waals surface area contributed by atoms with Crippen molar-refractivity contribution in [3.05, 3.63) is 70.9 Å². The molecule has 3 nitrogen and oxygen atoms in total. The highest BCUT2D eigenvalue weighted by Gasteiger charge is 2.13. The Morgan fingerprint density at radius 3 is 2.36 bits per heavy atom. The molecule has 126 valence electrons. The highest BCUT2D eigenvalue weighted by Crippen LogP contribution is 2.28. The molecule has 0 fully saturated rings. The van der Waals surface area contributed by atoms with Crippen LogP contribution in [0.25, 0.3) is 32.6 Å². The summed E-state index contributed by atoms with van der Waals surface area (Å²) in [6.07, 6.45) is 1.01. The number of aromatic nitrogens is 1. The number of nitrogens with zero attached hydrogens (tertiary/aromatic N) is 2. The molecule has 0 amide bonds. The topological polar surface area (TPSA) is 25.2 Å². The first-order valence-corrected chi connectivity index (χ1v) is 8.74. The van der Waals surface area contributed by atoms with Crippen LogP contribution in [0, 0.1) is 0 Å². The summed E-state index contributed by atoms with van der Waals surface area (Å²) in [6.45, 7) is 1.84. The van der Waals surface area contributed by atoms with Crippen LogP contribution in [-0.2, 0) is 6.54 Å². The summed E-state index contributed by atoms with van der Waals surface area (Å²) >= 11 is 0. The van der Waals surface area contributed by atoms with Crippen LogP contribution >= 0.6 is 0 Å². The third-order valence-corrected chi connectivity index (χ3v) is 4.85. The number of aryl methyl sites for hydroxylation is 1. The molecule has 25 heavy (non-hydrogen) atoms. The van der Waals surface area contributed by atoms with E-state index in [0.717, 1.165) is 52.1 Å². The summed E-state index contributed by atoms with van der Waals surface area (Å²) in [5, 5.41) is 3.98. The SMILES string of the molecule is CN(C)CCCn1c2ccccc2c2ccc3ccccc3c(=O)c21. The highest BCUT2D eigenvalue weighted by atomic mass is 16.1. The van der Waals surface area contributed by atoms with Gasteiger partial charge < -0.3 is 9.47 Å². The van der Waals surface area contributed by atoms with Gasteiger partial charge in [-0.15, -0.1) is 0 Å². The Labute approximate surface area is 147 Å². The zero-order valence-corrected chi connectivity index (χ0v) is 14.7. The third-order valence-electron chi connectivity index (χ3n) is 4.85. The molecule has 0 aliphatic rings. The van der Waals surface area contributed by atoms with Gasteiger partial charge in [0.1, 0.15) is 0 Å². The molecule has 3 aromatic carbocycles. The van der Waals surface area contributed by atoms with Crippen LogP contribution in [0.2, 0.25) is 0 Å². The molecule has 3 heteroatoms. The van der Waals surface area contributed by atoms with Gasteiger partial charge in [-0.25, -0.2) is 0 Å². The van der Waals surface area contributed by atoms with Gasteiger partial charge in [0.05, 0.1) is 5.52 Å². The van der Waals surface area contributed by atoms with Crippen molar-refractivity contribution in [3.63, 3.8) is 0 Å². The van der Waals surface area contributed by atoms with E-state index in [1.165, 1.54) is 0 Å². The lowest BCUT2D eigenvalue weighted by atomic mass is 10.2. The smallest absolute Gasteiger partial charge is 0.210 e. The van der Waals surface area contributed by atoms with Gasteiger partial charge in [-0.05, 0) is 38.5 Å².